The van der Waals surface area contributed by atoms with Crippen molar-refractivity contribution in [3.63, 3.8) is 0 Å². The summed E-state index contributed by atoms with van der Waals surface area (Å²) in [5.41, 5.74) is 2.36. The van der Waals surface area contributed by atoms with Crippen molar-refractivity contribution in [2.75, 3.05) is 26.2 Å². The molecule has 1 saturated heterocycles. The fourth-order valence-corrected chi connectivity index (χ4v) is 3.71. The molecule has 0 saturated carbocycles. The Hall–Kier alpha value is -3.06. The van der Waals surface area contributed by atoms with Crippen LogP contribution in [0.2, 0.25) is 0 Å². The van der Waals surface area contributed by atoms with Crippen molar-refractivity contribution in [1.29, 1.82) is 0 Å². The largest absolute Gasteiger partial charge is 0.337 e. The van der Waals surface area contributed by atoms with Crippen LogP contribution >= 0.6 is 0 Å². The number of halogens is 1. The lowest BCUT2D eigenvalue weighted by atomic mass is 10.2. The number of aryl methyl sites for hydroxylation is 1. The third-order valence-corrected chi connectivity index (χ3v) is 5.23. The molecule has 1 aromatic carbocycles. The summed E-state index contributed by atoms with van der Waals surface area (Å²) in [6.07, 6.45) is 2.57. The second-order valence-corrected chi connectivity index (χ2v) is 7.42. The van der Waals surface area contributed by atoms with Crippen molar-refractivity contribution >= 4 is 11.6 Å². The van der Waals surface area contributed by atoms with Gasteiger partial charge in [-0.15, -0.1) is 0 Å². The first-order valence-corrected chi connectivity index (χ1v) is 9.76. The van der Waals surface area contributed by atoms with Crippen molar-refractivity contribution < 1.29 is 9.18 Å². The molecular formula is C22H23FN4O2. The van der Waals surface area contributed by atoms with Gasteiger partial charge in [0.25, 0.3) is 11.5 Å². The van der Waals surface area contributed by atoms with Gasteiger partial charge >= 0.3 is 0 Å². The van der Waals surface area contributed by atoms with Gasteiger partial charge in [0, 0.05) is 45.0 Å². The molecule has 1 amide bonds. The predicted octanol–water partition coefficient (Wildman–Crippen LogP) is 2.49. The van der Waals surface area contributed by atoms with Gasteiger partial charge in [-0.05, 0) is 37.1 Å². The number of nitrogens with zero attached hydrogens (tertiary/aromatic N) is 4. The zero-order valence-corrected chi connectivity index (χ0v) is 16.3. The summed E-state index contributed by atoms with van der Waals surface area (Å²) in [6.45, 7) is 5.01. The summed E-state index contributed by atoms with van der Waals surface area (Å²) < 4.78 is 15.5. The van der Waals surface area contributed by atoms with Gasteiger partial charge in [-0.25, -0.2) is 9.37 Å². The van der Waals surface area contributed by atoms with E-state index in [-0.39, 0.29) is 17.0 Å². The summed E-state index contributed by atoms with van der Waals surface area (Å²) in [6, 6.07) is 11.4. The van der Waals surface area contributed by atoms with E-state index in [1.807, 2.05) is 19.1 Å². The molecule has 150 valence electrons. The van der Waals surface area contributed by atoms with E-state index < -0.39 is 5.82 Å². The molecule has 0 spiro atoms. The number of amides is 1. The maximum atomic E-state index is 14.0. The number of hydrogen-bond acceptors (Lipinski definition) is 4. The third-order valence-electron chi connectivity index (χ3n) is 5.23. The number of hydrogen-bond donors (Lipinski definition) is 0. The highest BCUT2D eigenvalue weighted by Crippen LogP contribution is 2.14. The van der Waals surface area contributed by atoms with E-state index in [0.29, 0.717) is 37.5 Å². The average molecular weight is 394 g/mol. The summed E-state index contributed by atoms with van der Waals surface area (Å²) in [7, 11) is 0. The molecule has 3 heterocycles. The Bertz CT molecular complexity index is 1110. The molecule has 4 rings (SSSR count). The minimum Gasteiger partial charge on any atom is -0.337 e. The van der Waals surface area contributed by atoms with Crippen LogP contribution in [0, 0.1) is 12.7 Å². The van der Waals surface area contributed by atoms with Gasteiger partial charge in [-0.1, -0.05) is 18.2 Å². The zero-order valence-electron chi connectivity index (χ0n) is 16.3. The predicted molar refractivity (Wildman–Crippen MR) is 108 cm³/mol. The lowest BCUT2D eigenvalue weighted by molar-refractivity contribution is 0.0756. The molecule has 0 bridgehead atoms. The summed E-state index contributed by atoms with van der Waals surface area (Å²) in [5.74, 6) is -0.767. The number of fused-ring (bicyclic) bond motifs is 1. The van der Waals surface area contributed by atoms with Crippen LogP contribution in [0.1, 0.15) is 28.0 Å². The number of carbonyl (C=O) groups is 1. The smallest absolute Gasteiger partial charge is 0.258 e. The van der Waals surface area contributed by atoms with Crippen LogP contribution in [0.15, 0.2) is 53.5 Å². The van der Waals surface area contributed by atoms with Crippen molar-refractivity contribution in [2.45, 2.75) is 19.9 Å². The fraction of sp³-hybridized carbons (Fsp3) is 0.318. The van der Waals surface area contributed by atoms with Crippen LogP contribution in [0.3, 0.4) is 0 Å². The van der Waals surface area contributed by atoms with E-state index in [4.69, 9.17) is 0 Å². The second-order valence-electron chi connectivity index (χ2n) is 7.42. The van der Waals surface area contributed by atoms with Crippen molar-refractivity contribution in [3.8, 4) is 0 Å². The molecule has 0 N–H and O–H groups in total. The van der Waals surface area contributed by atoms with E-state index in [9.17, 15) is 14.0 Å². The van der Waals surface area contributed by atoms with Gasteiger partial charge in [0.2, 0.25) is 0 Å². The van der Waals surface area contributed by atoms with Gasteiger partial charge in [0.05, 0.1) is 11.3 Å². The van der Waals surface area contributed by atoms with Crippen molar-refractivity contribution in [1.82, 2.24) is 19.2 Å². The molecule has 29 heavy (non-hydrogen) atoms. The molecule has 0 aliphatic carbocycles. The monoisotopic (exact) mass is 394 g/mol. The number of aromatic nitrogens is 2. The normalized spacial score (nSPS) is 15.4. The highest BCUT2D eigenvalue weighted by molar-refractivity contribution is 5.94. The minimum atomic E-state index is -0.491. The highest BCUT2D eigenvalue weighted by atomic mass is 19.1. The van der Waals surface area contributed by atoms with Crippen molar-refractivity contribution in [2.24, 2.45) is 0 Å². The first-order valence-electron chi connectivity index (χ1n) is 9.76. The Labute approximate surface area is 168 Å². The quantitative estimate of drug-likeness (QED) is 0.685. The molecule has 1 fully saturated rings. The molecule has 1 aliphatic heterocycles. The highest BCUT2D eigenvalue weighted by Gasteiger charge is 2.22. The first-order chi connectivity index (χ1) is 14.0. The molecule has 0 radical (unpaired) electrons. The second kappa shape index (κ2) is 8.13. The number of rotatable bonds is 3. The van der Waals surface area contributed by atoms with E-state index >= 15 is 0 Å². The zero-order chi connectivity index (χ0) is 20.4. The van der Waals surface area contributed by atoms with Gasteiger partial charge < -0.3 is 4.90 Å². The summed E-state index contributed by atoms with van der Waals surface area (Å²) >= 11 is 0. The lowest BCUT2D eigenvalue weighted by Crippen LogP contribution is -2.35. The molecule has 1 aliphatic rings. The molecule has 6 nitrogen and oxygen atoms in total. The van der Waals surface area contributed by atoms with E-state index in [1.54, 1.807) is 33.7 Å². The molecule has 7 heteroatoms. The first kappa shape index (κ1) is 19.3. The summed E-state index contributed by atoms with van der Waals surface area (Å²) in [5, 5.41) is 0. The van der Waals surface area contributed by atoms with Gasteiger partial charge in [0.1, 0.15) is 11.5 Å². The van der Waals surface area contributed by atoms with Gasteiger partial charge in [0.15, 0.2) is 0 Å². The van der Waals surface area contributed by atoms with E-state index in [1.165, 1.54) is 12.1 Å². The van der Waals surface area contributed by atoms with Crippen LogP contribution < -0.4 is 5.56 Å². The van der Waals surface area contributed by atoms with Gasteiger partial charge in [-0.2, -0.15) is 0 Å². The Kier molecular flexibility index (Phi) is 5.40. The standard InChI is InChI=1S/C22H23FN4O2/c1-16-7-8-20-24-17(13-21(28)27(20)14-16)15-25-9-4-10-26(12-11-25)22(29)18-5-2-3-6-19(18)23/h2-3,5-8,13-14H,4,9-12,15H2,1H3. The van der Waals surface area contributed by atoms with Crippen LogP contribution in [0.4, 0.5) is 4.39 Å². The number of carbonyl (C=O) groups excluding carboxylic acids is 1. The SMILES string of the molecule is Cc1ccc2nc(CN3CCCN(C(=O)c4ccccc4F)CC3)cc(=O)n2c1. The molecular weight excluding hydrogens is 371 g/mol. The topological polar surface area (TPSA) is 57.9 Å². The maximum absolute atomic E-state index is 14.0. The molecule has 0 unspecified atom stereocenters. The van der Waals surface area contributed by atoms with Crippen LogP contribution in [0.25, 0.3) is 5.65 Å². The van der Waals surface area contributed by atoms with Crippen LogP contribution in [0.5, 0.6) is 0 Å². The Morgan fingerprint density at radius 3 is 2.76 bits per heavy atom. The maximum Gasteiger partial charge on any atom is 0.258 e. The summed E-state index contributed by atoms with van der Waals surface area (Å²) in [4.78, 5) is 33.6. The third kappa shape index (κ3) is 4.19. The molecule has 0 atom stereocenters. The Morgan fingerprint density at radius 1 is 1.10 bits per heavy atom. The Balaban J connectivity index is 1.46. The fourth-order valence-electron chi connectivity index (χ4n) is 3.71. The number of pyridine rings is 1. The molecule has 2 aromatic heterocycles. The molecule has 3 aromatic rings. The lowest BCUT2D eigenvalue weighted by Gasteiger charge is -2.22. The van der Waals surface area contributed by atoms with E-state index in [0.717, 1.165) is 18.5 Å². The van der Waals surface area contributed by atoms with Crippen molar-refractivity contribution in [3.05, 3.63) is 81.7 Å². The Morgan fingerprint density at radius 2 is 1.93 bits per heavy atom. The average Bonchev–Trinajstić information content (AvgIpc) is 2.94. The van der Waals surface area contributed by atoms with Crippen LogP contribution in [-0.2, 0) is 6.54 Å². The minimum absolute atomic E-state index is 0.0973. The number of benzene rings is 1. The van der Waals surface area contributed by atoms with E-state index in [2.05, 4.69) is 9.88 Å². The van der Waals surface area contributed by atoms with Gasteiger partial charge in [-0.3, -0.25) is 18.9 Å². The van der Waals surface area contributed by atoms with Crippen LogP contribution in [-0.4, -0.2) is 51.3 Å².